The van der Waals surface area contributed by atoms with Crippen molar-refractivity contribution in [1.29, 1.82) is 0 Å². The van der Waals surface area contributed by atoms with Gasteiger partial charge in [0.1, 0.15) is 0 Å². The van der Waals surface area contributed by atoms with Crippen LogP contribution in [0.25, 0.3) is 10.2 Å². The van der Waals surface area contributed by atoms with Gasteiger partial charge in [0.2, 0.25) is 0 Å². The number of aliphatic hydroxyl groups is 1. The van der Waals surface area contributed by atoms with E-state index in [9.17, 15) is 5.11 Å². The van der Waals surface area contributed by atoms with Crippen LogP contribution in [0, 0.1) is 0 Å². The van der Waals surface area contributed by atoms with Crippen LogP contribution in [-0.2, 0) is 0 Å². The summed E-state index contributed by atoms with van der Waals surface area (Å²) in [5.74, 6) is 0. The van der Waals surface area contributed by atoms with E-state index in [1.165, 1.54) is 24.0 Å². The fourth-order valence-corrected chi connectivity index (χ4v) is 4.67. The number of β-amino-alcohol motifs (C(OH)–C–C–N with tert-alkyl or cyclic N) is 1. The van der Waals surface area contributed by atoms with Crippen molar-refractivity contribution >= 4 is 26.7 Å². The van der Waals surface area contributed by atoms with Gasteiger partial charge in [0, 0.05) is 13.1 Å². The number of hydrogen-bond acceptors (Lipinski definition) is 5. The Bertz CT molecular complexity index is 619. The first-order valence-corrected chi connectivity index (χ1v) is 9.09. The highest BCUT2D eigenvalue weighted by Crippen LogP contribution is 2.33. The van der Waals surface area contributed by atoms with Crippen LogP contribution in [0.3, 0.4) is 0 Å². The maximum atomic E-state index is 10.9. The Kier molecular flexibility index (Phi) is 3.80. The van der Waals surface area contributed by atoms with Gasteiger partial charge in [0.05, 0.1) is 22.4 Å². The Morgan fingerprint density at radius 3 is 2.77 bits per heavy atom. The van der Waals surface area contributed by atoms with Gasteiger partial charge in [-0.3, -0.25) is 0 Å². The molecule has 0 unspecified atom stereocenters. The van der Waals surface area contributed by atoms with Gasteiger partial charge in [-0.15, -0.1) is 0 Å². The zero-order chi connectivity index (χ0) is 15.0. The van der Waals surface area contributed by atoms with Crippen molar-refractivity contribution in [2.24, 2.45) is 0 Å². The summed E-state index contributed by atoms with van der Waals surface area (Å²) >= 11 is 1.73. The molecule has 0 spiro atoms. The Hall–Kier alpha value is -1.17. The van der Waals surface area contributed by atoms with Crippen molar-refractivity contribution in [3.63, 3.8) is 0 Å². The van der Waals surface area contributed by atoms with Gasteiger partial charge in [-0.2, -0.15) is 0 Å². The summed E-state index contributed by atoms with van der Waals surface area (Å²) in [6.45, 7) is 4.72. The summed E-state index contributed by atoms with van der Waals surface area (Å²) < 4.78 is 1.23. The summed E-state index contributed by atoms with van der Waals surface area (Å²) in [5.41, 5.74) is 0.490. The topological polar surface area (TPSA) is 39.6 Å². The van der Waals surface area contributed by atoms with Gasteiger partial charge in [0.25, 0.3) is 0 Å². The van der Waals surface area contributed by atoms with Crippen LogP contribution in [0.5, 0.6) is 0 Å². The van der Waals surface area contributed by atoms with Crippen LogP contribution in [0.4, 0.5) is 5.13 Å². The molecule has 1 atom stereocenters. The lowest BCUT2D eigenvalue weighted by Crippen LogP contribution is -2.46. The van der Waals surface area contributed by atoms with E-state index in [-0.39, 0.29) is 0 Å². The summed E-state index contributed by atoms with van der Waals surface area (Å²) in [6.07, 6.45) is 4.74. The van der Waals surface area contributed by atoms with Crippen molar-refractivity contribution in [2.75, 3.05) is 37.6 Å². The SMILES string of the molecule is O[C@@]1(CN2CCCCC2)CCN(c2nc3ccccc3s2)C1. The number of piperidine rings is 1. The molecule has 0 radical (unpaired) electrons. The third kappa shape index (κ3) is 2.85. The molecule has 4 rings (SSSR count). The van der Waals surface area contributed by atoms with E-state index >= 15 is 0 Å². The monoisotopic (exact) mass is 317 g/mol. The second kappa shape index (κ2) is 5.80. The molecule has 118 valence electrons. The second-order valence-electron chi connectivity index (χ2n) is 6.70. The van der Waals surface area contributed by atoms with Gasteiger partial charge in [0.15, 0.2) is 5.13 Å². The van der Waals surface area contributed by atoms with Crippen LogP contribution < -0.4 is 4.90 Å². The minimum atomic E-state index is -0.574. The molecule has 5 heteroatoms. The summed E-state index contributed by atoms with van der Waals surface area (Å²) in [4.78, 5) is 9.42. The highest BCUT2D eigenvalue weighted by molar-refractivity contribution is 7.22. The molecule has 2 fully saturated rings. The third-order valence-electron chi connectivity index (χ3n) is 4.85. The van der Waals surface area contributed by atoms with Gasteiger partial charge >= 0.3 is 0 Å². The molecule has 1 aromatic carbocycles. The Balaban J connectivity index is 1.46. The predicted octanol–water partition coefficient (Wildman–Crippen LogP) is 2.72. The molecule has 2 aliphatic rings. The smallest absolute Gasteiger partial charge is 0.186 e. The van der Waals surface area contributed by atoms with Gasteiger partial charge < -0.3 is 14.9 Å². The highest BCUT2D eigenvalue weighted by Gasteiger charge is 2.38. The van der Waals surface area contributed by atoms with Crippen molar-refractivity contribution in [3.8, 4) is 0 Å². The van der Waals surface area contributed by atoms with Crippen LogP contribution >= 0.6 is 11.3 Å². The molecule has 0 aliphatic carbocycles. The van der Waals surface area contributed by atoms with Crippen LogP contribution in [-0.4, -0.2) is 53.3 Å². The van der Waals surface area contributed by atoms with Crippen molar-refractivity contribution < 1.29 is 5.11 Å². The van der Waals surface area contributed by atoms with E-state index in [4.69, 9.17) is 4.98 Å². The fraction of sp³-hybridized carbons (Fsp3) is 0.588. The number of para-hydroxylation sites is 1. The van der Waals surface area contributed by atoms with E-state index in [1.54, 1.807) is 11.3 Å². The quantitative estimate of drug-likeness (QED) is 0.945. The summed E-state index contributed by atoms with van der Waals surface area (Å²) in [6, 6.07) is 8.27. The van der Waals surface area contributed by atoms with Crippen molar-refractivity contribution in [2.45, 2.75) is 31.3 Å². The Morgan fingerprint density at radius 2 is 1.95 bits per heavy atom. The number of hydrogen-bond donors (Lipinski definition) is 1. The lowest BCUT2D eigenvalue weighted by atomic mass is 10.0. The number of rotatable bonds is 3. The standard InChI is InChI=1S/C17H23N3OS/c21-17(12-19-9-4-1-5-10-19)8-11-20(13-17)16-18-14-6-2-3-7-15(14)22-16/h2-3,6-7,21H,1,4-5,8-13H2/t17-/m1/s1. The highest BCUT2D eigenvalue weighted by atomic mass is 32.1. The minimum Gasteiger partial charge on any atom is -0.387 e. The number of aromatic nitrogens is 1. The number of nitrogens with zero attached hydrogens (tertiary/aromatic N) is 3. The lowest BCUT2D eigenvalue weighted by Gasteiger charge is -2.33. The number of likely N-dealkylation sites (tertiary alicyclic amines) is 1. The predicted molar refractivity (Wildman–Crippen MR) is 91.7 cm³/mol. The summed E-state index contributed by atoms with van der Waals surface area (Å²) in [7, 11) is 0. The molecule has 0 amide bonds. The minimum absolute atomic E-state index is 0.574. The largest absolute Gasteiger partial charge is 0.387 e. The van der Waals surface area contributed by atoms with Crippen LogP contribution in [0.2, 0.25) is 0 Å². The zero-order valence-corrected chi connectivity index (χ0v) is 13.7. The summed E-state index contributed by atoms with van der Waals surface area (Å²) in [5, 5.41) is 12.0. The molecule has 4 nitrogen and oxygen atoms in total. The first kappa shape index (κ1) is 14.4. The molecule has 2 aromatic rings. The maximum Gasteiger partial charge on any atom is 0.186 e. The molecule has 0 saturated carbocycles. The van der Waals surface area contributed by atoms with E-state index < -0.39 is 5.60 Å². The first-order valence-electron chi connectivity index (χ1n) is 8.27. The molecular weight excluding hydrogens is 294 g/mol. The zero-order valence-electron chi connectivity index (χ0n) is 12.9. The molecule has 1 N–H and O–H groups in total. The normalized spacial score (nSPS) is 26.9. The Morgan fingerprint density at radius 1 is 1.14 bits per heavy atom. The molecule has 2 aliphatic heterocycles. The number of thiazole rings is 1. The van der Waals surface area contributed by atoms with Crippen LogP contribution in [0.15, 0.2) is 24.3 Å². The van der Waals surface area contributed by atoms with Crippen LogP contribution in [0.1, 0.15) is 25.7 Å². The molecule has 3 heterocycles. The number of fused-ring (bicyclic) bond motifs is 1. The van der Waals surface area contributed by atoms with Gasteiger partial charge in [-0.05, 0) is 44.5 Å². The average Bonchev–Trinajstić information content (AvgIpc) is 3.12. The molecule has 0 bridgehead atoms. The van der Waals surface area contributed by atoms with Crippen molar-refractivity contribution in [1.82, 2.24) is 9.88 Å². The van der Waals surface area contributed by atoms with Gasteiger partial charge in [-0.1, -0.05) is 29.9 Å². The molecule has 22 heavy (non-hydrogen) atoms. The average molecular weight is 317 g/mol. The Labute approximate surface area is 135 Å². The van der Waals surface area contributed by atoms with Gasteiger partial charge in [-0.25, -0.2) is 4.98 Å². The van der Waals surface area contributed by atoms with E-state index in [2.05, 4.69) is 28.0 Å². The molecule has 2 saturated heterocycles. The number of anilines is 1. The van der Waals surface area contributed by atoms with E-state index in [0.717, 1.165) is 43.2 Å². The third-order valence-corrected chi connectivity index (χ3v) is 5.95. The maximum absolute atomic E-state index is 10.9. The second-order valence-corrected chi connectivity index (χ2v) is 7.71. The van der Waals surface area contributed by atoms with E-state index in [0.29, 0.717) is 6.54 Å². The first-order chi connectivity index (χ1) is 10.7. The molecular formula is C17H23N3OS. The van der Waals surface area contributed by atoms with E-state index in [1.807, 2.05) is 6.07 Å². The van der Waals surface area contributed by atoms with Crippen molar-refractivity contribution in [3.05, 3.63) is 24.3 Å². The molecule has 1 aromatic heterocycles. The number of benzene rings is 1. The fourth-order valence-electron chi connectivity index (χ4n) is 3.68. The lowest BCUT2D eigenvalue weighted by molar-refractivity contribution is 0.0170.